The van der Waals surface area contributed by atoms with Crippen LogP contribution in [0.4, 0.5) is 0 Å². The van der Waals surface area contributed by atoms with Gasteiger partial charge >= 0.3 is 0 Å². The van der Waals surface area contributed by atoms with Crippen LogP contribution in [0.5, 0.6) is 0 Å². The molecule has 0 unspecified atom stereocenters. The lowest BCUT2D eigenvalue weighted by Crippen LogP contribution is -1.79. The molecule has 1 aromatic heterocycles. The van der Waals surface area contributed by atoms with Crippen molar-refractivity contribution in [2.75, 3.05) is 0 Å². The quantitative estimate of drug-likeness (QED) is 0.495. The van der Waals surface area contributed by atoms with Crippen molar-refractivity contribution in [2.24, 2.45) is 0 Å². The number of hydrogen-bond acceptors (Lipinski definition) is 3. The smallest absolute Gasteiger partial charge is 0.225 e. The van der Waals surface area contributed by atoms with Crippen LogP contribution in [0, 0.1) is 0 Å². The lowest BCUT2D eigenvalue weighted by molar-refractivity contribution is 1.05. The van der Waals surface area contributed by atoms with Gasteiger partial charge in [0.05, 0.1) is 0 Å². The molecule has 0 saturated carbocycles. The van der Waals surface area contributed by atoms with E-state index in [9.17, 15) is 0 Å². The fourth-order valence-electron chi connectivity index (χ4n) is 0.225. The molecule has 1 rings (SSSR count). The second-order valence-electron chi connectivity index (χ2n) is 0.907. The van der Waals surface area contributed by atoms with Gasteiger partial charge in [-0.25, -0.2) is 15.0 Å². The van der Waals surface area contributed by atoms with Gasteiger partial charge in [-0.15, -0.1) is 0 Å². The largest absolute Gasteiger partial charge is 0.225 e. The molecular formula is C3H2ClN3. The maximum atomic E-state index is 5.28. The van der Waals surface area contributed by atoms with Crippen LogP contribution in [0.1, 0.15) is 0 Å². The van der Waals surface area contributed by atoms with Crippen LogP contribution in [-0.4, -0.2) is 15.0 Å². The zero-order chi connectivity index (χ0) is 5.11. The number of rotatable bonds is 0. The minimum atomic E-state index is 0.231. The molecule has 0 N–H and O–H groups in total. The Balaban J connectivity index is 3.02. The summed E-state index contributed by atoms with van der Waals surface area (Å²) in [6.45, 7) is 0. The van der Waals surface area contributed by atoms with E-state index in [2.05, 4.69) is 15.0 Å². The molecule has 0 fully saturated rings. The van der Waals surface area contributed by atoms with Crippen LogP contribution >= 0.6 is 11.6 Å². The summed E-state index contributed by atoms with van der Waals surface area (Å²) in [5.41, 5.74) is 0. The summed E-state index contributed by atoms with van der Waals surface area (Å²) < 4.78 is 0. The van der Waals surface area contributed by atoms with E-state index in [1.54, 1.807) is 0 Å². The van der Waals surface area contributed by atoms with E-state index in [0.29, 0.717) is 0 Å². The number of hydrogen-bond donors (Lipinski definition) is 0. The molecule has 0 spiro atoms. The van der Waals surface area contributed by atoms with Gasteiger partial charge in [-0.3, -0.25) is 0 Å². The van der Waals surface area contributed by atoms with Crippen LogP contribution < -0.4 is 0 Å². The lowest BCUT2D eigenvalue weighted by atomic mass is 11.1. The topological polar surface area (TPSA) is 38.7 Å². The standard InChI is InChI=1S/C3H2ClN3/c4-3-6-1-5-2-7-3/h1-2H. The van der Waals surface area contributed by atoms with Crippen molar-refractivity contribution in [3.63, 3.8) is 0 Å². The zero-order valence-corrected chi connectivity index (χ0v) is 4.13. The van der Waals surface area contributed by atoms with Crippen molar-refractivity contribution in [3.05, 3.63) is 17.9 Å². The minimum absolute atomic E-state index is 0.231. The van der Waals surface area contributed by atoms with Crippen LogP contribution in [0.25, 0.3) is 0 Å². The van der Waals surface area contributed by atoms with Gasteiger partial charge in [0, 0.05) is 0 Å². The molecule has 0 aromatic carbocycles. The summed E-state index contributed by atoms with van der Waals surface area (Å²) in [7, 11) is 0. The summed E-state index contributed by atoms with van der Waals surface area (Å²) in [6.07, 6.45) is 2.69. The summed E-state index contributed by atoms with van der Waals surface area (Å²) >= 11 is 5.28. The van der Waals surface area contributed by atoms with E-state index < -0.39 is 0 Å². The molecular weight excluding hydrogens is 114 g/mol. The predicted molar refractivity (Wildman–Crippen MR) is 24.8 cm³/mol. The van der Waals surface area contributed by atoms with Crippen molar-refractivity contribution >= 4 is 11.6 Å². The number of halogens is 1. The van der Waals surface area contributed by atoms with Crippen LogP contribution in [-0.2, 0) is 0 Å². The van der Waals surface area contributed by atoms with Crippen LogP contribution in [0.15, 0.2) is 12.7 Å². The van der Waals surface area contributed by atoms with Crippen molar-refractivity contribution in [1.29, 1.82) is 0 Å². The van der Waals surface area contributed by atoms with Gasteiger partial charge in [0.25, 0.3) is 0 Å². The molecule has 3 nitrogen and oxygen atoms in total. The fraction of sp³-hybridized carbons (Fsp3) is 0. The monoisotopic (exact) mass is 115 g/mol. The summed E-state index contributed by atoms with van der Waals surface area (Å²) in [5.74, 6) is 0. The van der Waals surface area contributed by atoms with Gasteiger partial charge in [0.15, 0.2) is 0 Å². The van der Waals surface area contributed by atoms with Crippen LogP contribution in [0.3, 0.4) is 0 Å². The molecule has 7 heavy (non-hydrogen) atoms. The average Bonchev–Trinajstić information content (AvgIpc) is 1.69. The van der Waals surface area contributed by atoms with Gasteiger partial charge in [-0.2, -0.15) is 0 Å². The molecule has 1 heterocycles. The molecule has 0 radical (unpaired) electrons. The first-order valence-electron chi connectivity index (χ1n) is 1.67. The van der Waals surface area contributed by atoms with Crippen LogP contribution in [0.2, 0.25) is 5.28 Å². The highest BCUT2D eigenvalue weighted by molar-refractivity contribution is 6.28. The summed E-state index contributed by atoms with van der Waals surface area (Å²) in [5, 5.41) is 0.231. The number of aromatic nitrogens is 3. The molecule has 0 bridgehead atoms. The predicted octanol–water partition coefficient (Wildman–Crippen LogP) is 0.525. The van der Waals surface area contributed by atoms with Crippen molar-refractivity contribution < 1.29 is 0 Å². The van der Waals surface area contributed by atoms with Crippen molar-refractivity contribution in [3.8, 4) is 0 Å². The summed E-state index contributed by atoms with van der Waals surface area (Å²) in [4.78, 5) is 10.6. The summed E-state index contributed by atoms with van der Waals surface area (Å²) in [6, 6.07) is 0. The number of nitrogens with zero attached hydrogens (tertiary/aromatic N) is 3. The molecule has 36 valence electrons. The Kier molecular flexibility index (Phi) is 1.17. The Hall–Kier alpha value is -0.700. The minimum Gasteiger partial charge on any atom is -0.225 e. The molecule has 0 aliphatic rings. The SMILES string of the molecule is Clc1ncncn1. The Bertz CT molecular complexity index is 140. The highest BCUT2D eigenvalue weighted by Crippen LogP contribution is 1.90. The lowest BCUT2D eigenvalue weighted by Gasteiger charge is -1.78. The Morgan fingerprint density at radius 1 is 1.29 bits per heavy atom. The van der Waals surface area contributed by atoms with Crippen molar-refractivity contribution in [1.82, 2.24) is 15.0 Å². The molecule has 0 saturated heterocycles. The second kappa shape index (κ2) is 1.84. The second-order valence-corrected chi connectivity index (χ2v) is 1.25. The molecule has 4 heteroatoms. The highest BCUT2D eigenvalue weighted by atomic mass is 35.5. The van der Waals surface area contributed by atoms with Gasteiger partial charge in [0.2, 0.25) is 5.28 Å². The van der Waals surface area contributed by atoms with Crippen molar-refractivity contribution in [2.45, 2.75) is 0 Å². The normalized spacial score (nSPS) is 8.71. The molecule has 0 aliphatic heterocycles. The highest BCUT2D eigenvalue weighted by Gasteiger charge is 1.79. The van der Waals surface area contributed by atoms with Gasteiger partial charge in [-0.05, 0) is 11.6 Å². The third-order valence-corrected chi connectivity index (χ3v) is 0.657. The van der Waals surface area contributed by atoms with Gasteiger partial charge in [0.1, 0.15) is 12.7 Å². The first kappa shape index (κ1) is 4.46. The maximum absolute atomic E-state index is 5.28. The van der Waals surface area contributed by atoms with Gasteiger partial charge in [-0.1, -0.05) is 0 Å². The van der Waals surface area contributed by atoms with E-state index >= 15 is 0 Å². The molecule has 0 amide bonds. The van der Waals surface area contributed by atoms with E-state index in [-0.39, 0.29) is 5.28 Å². The fourth-order valence-corrected chi connectivity index (χ4v) is 0.312. The molecule has 0 atom stereocenters. The Morgan fingerprint density at radius 2 is 1.86 bits per heavy atom. The maximum Gasteiger partial charge on any atom is 0.225 e. The molecule has 0 aliphatic carbocycles. The average molecular weight is 116 g/mol. The first-order valence-corrected chi connectivity index (χ1v) is 2.05. The van der Waals surface area contributed by atoms with Gasteiger partial charge < -0.3 is 0 Å². The van der Waals surface area contributed by atoms with E-state index in [1.807, 2.05) is 0 Å². The first-order chi connectivity index (χ1) is 3.39. The van der Waals surface area contributed by atoms with E-state index in [4.69, 9.17) is 11.6 Å². The Morgan fingerprint density at radius 3 is 2.14 bits per heavy atom. The van der Waals surface area contributed by atoms with E-state index in [1.165, 1.54) is 12.7 Å². The zero-order valence-electron chi connectivity index (χ0n) is 3.37. The molecule has 1 aromatic rings. The van der Waals surface area contributed by atoms with E-state index in [0.717, 1.165) is 0 Å². The Labute approximate surface area is 45.4 Å². The third kappa shape index (κ3) is 1.08. The third-order valence-electron chi connectivity index (χ3n) is 0.462.